The zero-order valence-corrected chi connectivity index (χ0v) is 16.2. The molecule has 2 N–H and O–H groups in total. The minimum atomic E-state index is -0.227. The van der Waals surface area contributed by atoms with Crippen LogP contribution >= 0.6 is 0 Å². The van der Waals surface area contributed by atoms with Gasteiger partial charge in [-0.15, -0.1) is 0 Å². The second-order valence-electron chi connectivity index (χ2n) is 8.19. The molecule has 1 amide bonds. The third-order valence-electron chi connectivity index (χ3n) is 5.70. The molecule has 0 bridgehead atoms. The lowest BCUT2D eigenvalue weighted by Crippen LogP contribution is -2.60. The Bertz CT molecular complexity index is 802. The topological polar surface area (TPSA) is 81.1 Å². The molecule has 7 heteroatoms. The summed E-state index contributed by atoms with van der Waals surface area (Å²) in [6.07, 6.45) is 7.29. The minimum absolute atomic E-state index is 0.0510. The van der Waals surface area contributed by atoms with Crippen molar-refractivity contribution in [3.05, 3.63) is 24.2 Å². The van der Waals surface area contributed by atoms with E-state index in [1.807, 2.05) is 10.6 Å². The van der Waals surface area contributed by atoms with Crippen LogP contribution in [0.5, 0.6) is 0 Å². The van der Waals surface area contributed by atoms with Crippen molar-refractivity contribution in [1.29, 1.82) is 0 Å². The van der Waals surface area contributed by atoms with Gasteiger partial charge in [0, 0.05) is 19.3 Å². The van der Waals surface area contributed by atoms with Gasteiger partial charge in [-0.05, 0) is 50.8 Å². The van der Waals surface area contributed by atoms with Crippen LogP contribution in [0.3, 0.4) is 0 Å². The molecule has 0 radical (unpaired) electrons. The molecule has 1 unspecified atom stereocenters. The summed E-state index contributed by atoms with van der Waals surface area (Å²) in [5.74, 6) is 0.427. The number of carbonyl (C=O) groups is 1. The van der Waals surface area contributed by atoms with Crippen molar-refractivity contribution in [1.82, 2.24) is 25.2 Å². The number of pyridine rings is 1. The molecule has 2 aromatic rings. The van der Waals surface area contributed by atoms with Crippen molar-refractivity contribution in [2.24, 2.45) is 5.92 Å². The maximum atomic E-state index is 12.9. The Labute approximate surface area is 159 Å². The molecule has 1 atom stereocenters. The zero-order chi connectivity index (χ0) is 18.9. The fourth-order valence-electron chi connectivity index (χ4n) is 4.31. The molecule has 4 rings (SSSR count). The predicted octanol–water partition coefficient (Wildman–Crippen LogP) is 2.12. The third kappa shape index (κ3) is 3.71. The number of carbonyl (C=O) groups excluding carboxylic acids is 1. The van der Waals surface area contributed by atoms with Gasteiger partial charge in [0.25, 0.3) is 5.91 Å². The maximum absolute atomic E-state index is 12.9. The van der Waals surface area contributed by atoms with E-state index in [1.165, 1.54) is 0 Å². The van der Waals surface area contributed by atoms with Gasteiger partial charge < -0.3 is 19.9 Å². The van der Waals surface area contributed by atoms with E-state index in [0.29, 0.717) is 11.5 Å². The molecule has 7 nitrogen and oxygen atoms in total. The maximum Gasteiger partial charge on any atom is 0.253 e. The molecule has 0 aliphatic carbocycles. The number of ether oxygens (including phenoxy) is 1. The molecule has 2 fully saturated rings. The van der Waals surface area contributed by atoms with Gasteiger partial charge in [-0.25, -0.2) is 9.97 Å². The van der Waals surface area contributed by atoms with Crippen molar-refractivity contribution < 1.29 is 9.53 Å². The SMILES string of the molecule is CC(C)Cn1cnc2cc(C(=O)NC3CCCOC34CCNCC4)cnc21. The largest absolute Gasteiger partial charge is 0.373 e. The number of hydrogen-bond donors (Lipinski definition) is 2. The summed E-state index contributed by atoms with van der Waals surface area (Å²) in [6.45, 7) is 7.85. The van der Waals surface area contributed by atoms with Gasteiger partial charge in [0.2, 0.25) is 0 Å². The van der Waals surface area contributed by atoms with Gasteiger partial charge in [0.1, 0.15) is 5.52 Å². The zero-order valence-electron chi connectivity index (χ0n) is 16.2. The van der Waals surface area contributed by atoms with Crippen molar-refractivity contribution >= 4 is 17.1 Å². The van der Waals surface area contributed by atoms with Crippen LogP contribution in [0.4, 0.5) is 0 Å². The van der Waals surface area contributed by atoms with E-state index < -0.39 is 0 Å². The molecule has 2 aliphatic rings. The van der Waals surface area contributed by atoms with Crippen molar-refractivity contribution in [2.45, 2.75) is 57.7 Å². The summed E-state index contributed by atoms with van der Waals surface area (Å²) in [4.78, 5) is 21.9. The van der Waals surface area contributed by atoms with Crippen molar-refractivity contribution in [2.75, 3.05) is 19.7 Å². The average Bonchev–Trinajstić information content (AvgIpc) is 3.06. The van der Waals surface area contributed by atoms with Gasteiger partial charge in [-0.3, -0.25) is 4.79 Å². The number of imidazole rings is 1. The molecular formula is C20H29N5O2. The van der Waals surface area contributed by atoms with E-state index >= 15 is 0 Å². The number of nitrogens with one attached hydrogen (secondary N) is 2. The monoisotopic (exact) mass is 371 g/mol. The number of hydrogen-bond acceptors (Lipinski definition) is 5. The highest BCUT2D eigenvalue weighted by atomic mass is 16.5. The Balaban J connectivity index is 1.52. The van der Waals surface area contributed by atoms with Crippen LogP contribution in [0.2, 0.25) is 0 Å². The first-order valence-corrected chi connectivity index (χ1v) is 10.0. The van der Waals surface area contributed by atoms with Crippen molar-refractivity contribution in [3.63, 3.8) is 0 Å². The number of rotatable bonds is 4. The van der Waals surface area contributed by atoms with Gasteiger partial charge in [-0.2, -0.15) is 0 Å². The molecule has 146 valence electrons. The molecule has 2 aliphatic heterocycles. The van der Waals surface area contributed by atoms with E-state index in [4.69, 9.17) is 4.74 Å². The van der Waals surface area contributed by atoms with E-state index in [9.17, 15) is 4.79 Å². The third-order valence-corrected chi connectivity index (χ3v) is 5.70. The highest BCUT2D eigenvalue weighted by Gasteiger charge is 2.43. The van der Waals surface area contributed by atoms with Crippen molar-refractivity contribution in [3.8, 4) is 0 Å². The molecule has 2 saturated heterocycles. The Morgan fingerprint density at radius 2 is 2.22 bits per heavy atom. The van der Waals surface area contributed by atoms with Gasteiger partial charge in [0.05, 0.1) is 23.5 Å². The summed E-state index contributed by atoms with van der Waals surface area (Å²) in [5.41, 5.74) is 1.93. The first-order valence-electron chi connectivity index (χ1n) is 10.0. The number of amides is 1. The Morgan fingerprint density at radius 1 is 1.41 bits per heavy atom. The summed E-state index contributed by atoms with van der Waals surface area (Å²) in [7, 11) is 0. The van der Waals surface area contributed by atoms with Crippen LogP contribution < -0.4 is 10.6 Å². The summed E-state index contributed by atoms with van der Waals surface area (Å²) in [5, 5.41) is 6.62. The fraction of sp³-hybridized carbons (Fsp3) is 0.650. The van der Waals surface area contributed by atoms with Crippen LogP contribution in [0.15, 0.2) is 18.6 Å². The molecule has 1 spiro atoms. The molecule has 2 aromatic heterocycles. The molecule has 27 heavy (non-hydrogen) atoms. The first kappa shape index (κ1) is 18.4. The van der Waals surface area contributed by atoms with Crippen LogP contribution in [0.25, 0.3) is 11.2 Å². The van der Waals surface area contributed by atoms with Crippen LogP contribution in [-0.2, 0) is 11.3 Å². The Morgan fingerprint density at radius 3 is 3.00 bits per heavy atom. The van der Waals surface area contributed by atoms with Crippen LogP contribution in [-0.4, -0.2) is 51.8 Å². The summed E-state index contributed by atoms with van der Waals surface area (Å²) >= 11 is 0. The van der Waals surface area contributed by atoms with Crippen LogP contribution in [0.1, 0.15) is 49.9 Å². The lowest BCUT2D eigenvalue weighted by molar-refractivity contribution is -0.114. The smallest absolute Gasteiger partial charge is 0.253 e. The standard InChI is InChI=1S/C20H29N5O2/c1-14(2)12-25-13-23-16-10-15(11-22-18(16)25)19(26)24-17-4-3-9-27-20(17)5-7-21-8-6-20/h10-11,13-14,17,21H,3-9,12H2,1-2H3,(H,24,26). The lowest BCUT2D eigenvalue weighted by Gasteiger charge is -2.46. The second-order valence-corrected chi connectivity index (χ2v) is 8.19. The highest BCUT2D eigenvalue weighted by molar-refractivity contribution is 5.96. The van der Waals surface area contributed by atoms with Gasteiger partial charge >= 0.3 is 0 Å². The van der Waals surface area contributed by atoms with Crippen LogP contribution in [0, 0.1) is 5.92 Å². The highest BCUT2D eigenvalue weighted by Crippen LogP contribution is 2.33. The fourth-order valence-corrected chi connectivity index (χ4v) is 4.31. The normalized spacial score (nSPS) is 22.4. The number of nitrogens with zero attached hydrogens (tertiary/aromatic N) is 3. The summed E-state index contributed by atoms with van der Waals surface area (Å²) < 4.78 is 8.22. The Hall–Kier alpha value is -1.99. The van der Waals surface area contributed by atoms with E-state index in [1.54, 1.807) is 12.5 Å². The van der Waals surface area contributed by atoms with Gasteiger partial charge in [0.15, 0.2) is 5.65 Å². The summed E-state index contributed by atoms with van der Waals surface area (Å²) in [6, 6.07) is 1.89. The number of aromatic nitrogens is 3. The predicted molar refractivity (Wildman–Crippen MR) is 104 cm³/mol. The quantitative estimate of drug-likeness (QED) is 0.860. The molecular weight excluding hydrogens is 342 g/mol. The molecule has 0 saturated carbocycles. The Kier molecular flexibility index (Phi) is 5.14. The molecule has 0 aromatic carbocycles. The van der Waals surface area contributed by atoms with E-state index in [2.05, 4.69) is 34.4 Å². The van der Waals surface area contributed by atoms with E-state index in [0.717, 1.165) is 63.1 Å². The number of piperidine rings is 1. The lowest BCUT2D eigenvalue weighted by atomic mass is 9.80. The number of fused-ring (bicyclic) bond motifs is 1. The minimum Gasteiger partial charge on any atom is -0.373 e. The van der Waals surface area contributed by atoms with Gasteiger partial charge in [-0.1, -0.05) is 13.8 Å². The molecule has 4 heterocycles. The second kappa shape index (κ2) is 7.56. The van der Waals surface area contributed by atoms with E-state index in [-0.39, 0.29) is 17.6 Å². The first-order chi connectivity index (χ1) is 13.1. The average molecular weight is 371 g/mol.